The minimum atomic E-state index is 0.269. The van der Waals surface area contributed by atoms with Crippen LogP contribution >= 0.6 is 0 Å². The number of rotatable bonds is 3. The zero-order valence-electron chi connectivity index (χ0n) is 12.9. The van der Waals surface area contributed by atoms with E-state index in [1.54, 1.807) is 18.3 Å². The maximum Gasteiger partial charge on any atom is 0.164 e. The third kappa shape index (κ3) is 2.80. The molecule has 5 nitrogen and oxygen atoms in total. The topological polar surface area (TPSA) is 63.0 Å². The molecule has 3 heterocycles. The number of phenolic OH excluding ortho intramolecular Hbond substituents is 1. The Kier molecular flexibility index (Phi) is 3.71. The monoisotopic (exact) mass is 308 g/mol. The second-order valence-corrected chi connectivity index (χ2v) is 6.12. The SMILES string of the molecule is Oc1ccc(-n2c(CC3CCNCC3)nc3cccnc32)cc1. The first-order valence-electron chi connectivity index (χ1n) is 8.14. The van der Waals surface area contributed by atoms with Gasteiger partial charge >= 0.3 is 0 Å². The highest BCUT2D eigenvalue weighted by molar-refractivity contribution is 5.73. The molecule has 1 aliphatic heterocycles. The van der Waals surface area contributed by atoms with E-state index in [9.17, 15) is 5.11 Å². The second-order valence-electron chi connectivity index (χ2n) is 6.12. The van der Waals surface area contributed by atoms with Crippen LogP contribution in [0.4, 0.5) is 0 Å². The van der Waals surface area contributed by atoms with E-state index in [-0.39, 0.29) is 5.75 Å². The van der Waals surface area contributed by atoms with Crippen LogP contribution in [0.2, 0.25) is 0 Å². The highest BCUT2D eigenvalue weighted by Crippen LogP contribution is 2.25. The van der Waals surface area contributed by atoms with Gasteiger partial charge in [-0.1, -0.05) is 0 Å². The highest BCUT2D eigenvalue weighted by atomic mass is 16.3. The van der Waals surface area contributed by atoms with Gasteiger partial charge in [-0.15, -0.1) is 0 Å². The van der Waals surface area contributed by atoms with Crippen LogP contribution in [0.25, 0.3) is 16.9 Å². The predicted octanol–water partition coefficient (Wildman–Crippen LogP) is 2.67. The first-order valence-corrected chi connectivity index (χ1v) is 8.14. The number of hydrogen-bond acceptors (Lipinski definition) is 4. The van der Waals surface area contributed by atoms with E-state index in [0.717, 1.165) is 42.2 Å². The lowest BCUT2D eigenvalue weighted by Crippen LogP contribution is -2.29. The minimum absolute atomic E-state index is 0.269. The average molecular weight is 308 g/mol. The summed E-state index contributed by atoms with van der Waals surface area (Å²) >= 11 is 0. The van der Waals surface area contributed by atoms with Crippen molar-refractivity contribution >= 4 is 11.2 Å². The molecule has 23 heavy (non-hydrogen) atoms. The first-order chi connectivity index (χ1) is 11.3. The summed E-state index contributed by atoms with van der Waals surface area (Å²) < 4.78 is 2.12. The van der Waals surface area contributed by atoms with Gasteiger partial charge in [-0.25, -0.2) is 9.97 Å². The normalized spacial score (nSPS) is 16.0. The number of aromatic nitrogens is 3. The largest absolute Gasteiger partial charge is 0.508 e. The van der Waals surface area contributed by atoms with Crippen molar-refractivity contribution < 1.29 is 5.11 Å². The van der Waals surface area contributed by atoms with E-state index in [1.807, 2.05) is 24.3 Å². The molecular weight excluding hydrogens is 288 g/mol. The molecule has 1 saturated heterocycles. The van der Waals surface area contributed by atoms with E-state index in [4.69, 9.17) is 4.98 Å². The summed E-state index contributed by atoms with van der Waals surface area (Å²) in [7, 11) is 0. The standard InChI is InChI=1S/C18H20N4O/c23-15-5-3-14(4-6-15)22-17(12-13-7-10-19-11-8-13)21-16-2-1-9-20-18(16)22/h1-6,9,13,19,23H,7-8,10-12H2. The van der Waals surface area contributed by atoms with Crippen LogP contribution in [-0.2, 0) is 6.42 Å². The quantitative estimate of drug-likeness (QED) is 0.781. The van der Waals surface area contributed by atoms with Gasteiger partial charge in [0, 0.05) is 18.3 Å². The Morgan fingerprint density at radius 3 is 2.70 bits per heavy atom. The van der Waals surface area contributed by atoms with Crippen LogP contribution in [0.3, 0.4) is 0 Å². The van der Waals surface area contributed by atoms with Crippen molar-refractivity contribution in [2.24, 2.45) is 5.92 Å². The van der Waals surface area contributed by atoms with Crippen molar-refractivity contribution in [2.75, 3.05) is 13.1 Å². The lowest BCUT2D eigenvalue weighted by molar-refractivity contribution is 0.366. The number of phenols is 1. The summed E-state index contributed by atoms with van der Waals surface area (Å²) in [5.41, 5.74) is 2.79. The molecule has 2 N–H and O–H groups in total. The molecule has 3 aromatic rings. The number of piperidine rings is 1. The molecule has 4 rings (SSSR count). The van der Waals surface area contributed by atoms with Crippen LogP contribution < -0.4 is 5.32 Å². The van der Waals surface area contributed by atoms with E-state index >= 15 is 0 Å². The zero-order valence-corrected chi connectivity index (χ0v) is 12.9. The molecule has 0 amide bonds. The van der Waals surface area contributed by atoms with Crippen LogP contribution in [0, 0.1) is 5.92 Å². The summed E-state index contributed by atoms with van der Waals surface area (Å²) in [6.45, 7) is 2.17. The molecule has 0 radical (unpaired) electrons. The molecule has 5 heteroatoms. The Morgan fingerprint density at radius 2 is 1.91 bits per heavy atom. The molecule has 0 spiro atoms. The molecule has 0 bridgehead atoms. The molecule has 0 atom stereocenters. The van der Waals surface area contributed by atoms with Gasteiger partial charge in [0.25, 0.3) is 0 Å². The van der Waals surface area contributed by atoms with Gasteiger partial charge in [-0.3, -0.25) is 4.57 Å². The average Bonchev–Trinajstić information content (AvgIpc) is 2.94. The smallest absolute Gasteiger partial charge is 0.164 e. The predicted molar refractivity (Wildman–Crippen MR) is 89.8 cm³/mol. The molecule has 118 valence electrons. The number of benzene rings is 1. The van der Waals surface area contributed by atoms with Crippen molar-refractivity contribution in [1.82, 2.24) is 19.9 Å². The Balaban J connectivity index is 1.79. The lowest BCUT2D eigenvalue weighted by Gasteiger charge is -2.22. The van der Waals surface area contributed by atoms with Gasteiger partial charge in [-0.2, -0.15) is 0 Å². The second kappa shape index (κ2) is 6.01. The molecule has 1 aromatic carbocycles. The van der Waals surface area contributed by atoms with Crippen LogP contribution in [0.1, 0.15) is 18.7 Å². The summed E-state index contributed by atoms with van der Waals surface area (Å²) in [4.78, 5) is 9.34. The van der Waals surface area contributed by atoms with Crippen molar-refractivity contribution in [2.45, 2.75) is 19.3 Å². The number of nitrogens with zero attached hydrogens (tertiary/aromatic N) is 3. The number of fused-ring (bicyclic) bond motifs is 1. The van der Waals surface area contributed by atoms with E-state index in [2.05, 4.69) is 14.9 Å². The van der Waals surface area contributed by atoms with Gasteiger partial charge in [0.15, 0.2) is 5.65 Å². The fourth-order valence-electron chi connectivity index (χ4n) is 3.31. The van der Waals surface area contributed by atoms with Gasteiger partial charge in [-0.05, 0) is 68.2 Å². The summed E-state index contributed by atoms with van der Waals surface area (Å²) in [5.74, 6) is 1.98. The fraction of sp³-hybridized carbons (Fsp3) is 0.333. The summed E-state index contributed by atoms with van der Waals surface area (Å²) in [5, 5.41) is 13.0. The van der Waals surface area contributed by atoms with E-state index < -0.39 is 0 Å². The van der Waals surface area contributed by atoms with E-state index in [0.29, 0.717) is 5.92 Å². The maximum atomic E-state index is 9.55. The number of nitrogens with one attached hydrogen (secondary N) is 1. The fourth-order valence-corrected chi connectivity index (χ4v) is 3.31. The molecule has 1 fully saturated rings. The zero-order chi connectivity index (χ0) is 15.6. The third-order valence-corrected chi connectivity index (χ3v) is 4.52. The van der Waals surface area contributed by atoms with Gasteiger partial charge in [0.1, 0.15) is 17.1 Å². The van der Waals surface area contributed by atoms with Gasteiger partial charge < -0.3 is 10.4 Å². The van der Waals surface area contributed by atoms with Crippen LogP contribution in [-0.4, -0.2) is 32.7 Å². The van der Waals surface area contributed by atoms with E-state index in [1.165, 1.54) is 12.8 Å². The summed E-state index contributed by atoms with van der Waals surface area (Å²) in [6, 6.07) is 11.2. The molecule has 0 aliphatic carbocycles. The third-order valence-electron chi connectivity index (χ3n) is 4.52. The number of hydrogen-bond donors (Lipinski definition) is 2. The lowest BCUT2D eigenvalue weighted by atomic mass is 9.94. The molecule has 1 aliphatic rings. The molecule has 2 aromatic heterocycles. The first kappa shape index (κ1) is 14.2. The Hall–Kier alpha value is -2.40. The number of aromatic hydroxyl groups is 1. The van der Waals surface area contributed by atoms with Crippen molar-refractivity contribution in [3.05, 3.63) is 48.4 Å². The van der Waals surface area contributed by atoms with Crippen LogP contribution in [0.5, 0.6) is 5.75 Å². The maximum absolute atomic E-state index is 9.55. The minimum Gasteiger partial charge on any atom is -0.508 e. The van der Waals surface area contributed by atoms with Crippen LogP contribution in [0.15, 0.2) is 42.6 Å². The Labute approximate surface area is 135 Å². The number of pyridine rings is 1. The molecular formula is C18H20N4O. The Bertz CT molecular complexity index is 804. The van der Waals surface area contributed by atoms with Crippen molar-refractivity contribution in [3.8, 4) is 11.4 Å². The molecule has 0 saturated carbocycles. The van der Waals surface area contributed by atoms with Gasteiger partial charge in [0.05, 0.1) is 0 Å². The van der Waals surface area contributed by atoms with Gasteiger partial charge in [0.2, 0.25) is 0 Å². The number of imidazole rings is 1. The highest BCUT2D eigenvalue weighted by Gasteiger charge is 2.19. The van der Waals surface area contributed by atoms with Crippen molar-refractivity contribution in [3.63, 3.8) is 0 Å². The molecule has 0 unspecified atom stereocenters. The van der Waals surface area contributed by atoms with Crippen molar-refractivity contribution in [1.29, 1.82) is 0 Å². The Morgan fingerprint density at radius 1 is 1.13 bits per heavy atom. The summed E-state index contributed by atoms with van der Waals surface area (Å²) in [6.07, 6.45) is 5.13.